The monoisotopic (exact) mass is 268 g/mol. The third kappa shape index (κ3) is 3.10. The molecule has 0 spiro atoms. The number of rotatable bonds is 4. The average Bonchev–Trinajstić information content (AvgIpc) is 2.75. The van der Waals surface area contributed by atoms with Gasteiger partial charge in [0.05, 0.1) is 4.90 Å². The van der Waals surface area contributed by atoms with Crippen LogP contribution in [0.5, 0.6) is 0 Å². The number of hydrogen-bond donors (Lipinski definition) is 2. The fourth-order valence-electron chi connectivity index (χ4n) is 2.16. The predicted molar refractivity (Wildman–Crippen MR) is 72.0 cm³/mol. The number of benzene rings is 1. The van der Waals surface area contributed by atoms with E-state index in [4.69, 9.17) is 0 Å². The molecule has 1 heterocycles. The lowest BCUT2D eigenvalue weighted by Gasteiger charge is -2.24. The molecule has 1 aliphatic rings. The summed E-state index contributed by atoms with van der Waals surface area (Å²) < 4.78 is 26.9. The first-order valence-corrected chi connectivity index (χ1v) is 7.71. The normalized spacial score (nSPS) is 24.3. The Balaban J connectivity index is 2.05. The molecule has 1 unspecified atom stereocenters. The molecule has 0 saturated carbocycles. The Labute approximate surface area is 109 Å². The summed E-state index contributed by atoms with van der Waals surface area (Å²) in [5.74, 6) is 0. The highest BCUT2D eigenvalue weighted by atomic mass is 32.2. The second-order valence-corrected chi connectivity index (χ2v) is 7.00. The van der Waals surface area contributed by atoms with Gasteiger partial charge in [0.15, 0.2) is 0 Å². The molecule has 2 N–H and O–H groups in total. The molecule has 1 aromatic carbocycles. The van der Waals surface area contributed by atoms with Gasteiger partial charge in [-0.2, -0.15) is 0 Å². The van der Waals surface area contributed by atoms with Crippen molar-refractivity contribution < 1.29 is 8.42 Å². The summed E-state index contributed by atoms with van der Waals surface area (Å²) in [6.07, 6.45) is 2.10. The van der Waals surface area contributed by atoms with Crippen LogP contribution < -0.4 is 10.0 Å². The van der Waals surface area contributed by atoms with Crippen LogP contribution in [-0.2, 0) is 10.0 Å². The first-order chi connectivity index (χ1) is 8.41. The van der Waals surface area contributed by atoms with Gasteiger partial charge >= 0.3 is 0 Å². The summed E-state index contributed by atoms with van der Waals surface area (Å²) in [6.45, 7) is 5.39. The maximum absolute atomic E-state index is 12.1. The molecule has 4 nitrogen and oxygen atoms in total. The quantitative estimate of drug-likeness (QED) is 0.868. The van der Waals surface area contributed by atoms with Gasteiger partial charge in [0.2, 0.25) is 10.0 Å². The van der Waals surface area contributed by atoms with Crippen LogP contribution in [0.15, 0.2) is 29.2 Å². The highest BCUT2D eigenvalue weighted by molar-refractivity contribution is 7.89. The van der Waals surface area contributed by atoms with Crippen LogP contribution in [0.2, 0.25) is 0 Å². The number of hydrogen-bond acceptors (Lipinski definition) is 3. The highest BCUT2D eigenvalue weighted by Gasteiger charge is 2.29. The second kappa shape index (κ2) is 4.99. The van der Waals surface area contributed by atoms with Crippen molar-refractivity contribution in [1.82, 2.24) is 10.0 Å². The largest absolute Gasteiger partial charge is 0.310 e. The van der Waals surface area contributed by atoms with E-state index in [1.807, 2.05) is 19.1 Å². The van der Waals surface area contributed by atoms with Gasteiger partial charge in [0.1, 0.15) is 0 Å². The van der Waals surface area contributed by atoms with E-state index in [1.165, 1.54) is 0 Å². The smallest absolute Gasteiger partial charge is 0.240 e. The molecule has 0 amide bonds. The van der Waals surface area contributed by atoms with E-state index >= 15 is 0 Å². The summed E-state index contributed by atoms with van der Waals surface area (Å²) in [5, 5.41) is 3.34. The summed E-state index contributed by atoms with van der Waals surface area (Å²) in [4.78, 5) is 0.328. The van der Waals surface area contributed by atoms with Crippen LogP contribution in [0.4, 0.5) is 0 Å². The lowest BCUT2D eigenvalue weighted by atomic mass is 10.0. The lowest BCUT2D eigenvalue weighted by Crippen LogP contribution is -2.47. The van der Waals surface area contributed by atoms with E-state index in [-0.39, 0.29) is 5.54 Å². The van der Waals surface area contributed by atoms with Crippen LogP contribution >= 0.6 is 0 Å². The van der Waals surface area contributed by atoms with Gasteiger partial charge in [-0.3, -0.25) is 0 Å². The molecule has 1 aromatic rings. The first kappa shape index (κ1) is 13.5. The average molecular weight is 268 g/mol. The Hall–Kier alpha value is -0.910. The van der Waals surface area contributed by atoms with Crippen LogP contribution in [0, 0.1) is 6.92 Å². The van der Waals surface area contributed by atoms with Gasteiger partial charge in [0, 0.05) is 12.1 Å². The molecule has 1 aliphatic heterocycles. The van der Waals surface area contributed by atoms with E-state index in [9.17, 15) is 8.42 Å². The number of nitrogens with one attached hydrogen (secondary N) is 2. The minimum atomic E-state index is -3.39. The molecule has 0 radical (unpaired) electrons. The Morgan fingerprint density at radius 3 is 2.56 bits per heavy atom. The van der Waals surface area contributed by atoms with E-state index < -0.39 is 10.0 Å². The zero-order valence-corrected chi connectivity index (χ0v) is 11.7. The molecular formula is C13H20N2O2S. The summed E-state index contributed by atoms with van der Waals surface area (Å²) >= 11 is 0. The standard InChI is InChI=1S/C13H20N2O2S/c1-11-4-6-12(7-5-11)18(16,17)15-10-13(2)8-3-9-14-13/h4-7,14-15H,3,8-10H2,1-2H3. The van der Waals surface area contributed by atoms with E-state index in [2.05, 4.69) is 17.0 Å². The summed E-state index contributed by atoms with van der Waals surface area (Å²) in [5.41, 5.74) is 0.941. The minimum Gasteiger partial charge on any atom is -0.310 e. The van der Waals surface area contributed by atoms with Crippen molar-refractivity contribution in [3.05, 3.63) is 29.8 Å². The van der Waals surface area contributed by atoms with Crippen molar-refractivity contribution >= 4 is 10.0 Å². The molecule has 100 valence electrons. The van der Waals surface area contributed by atoms with Crippen molar-refractivity contribution in [2.45, 2.75) is 37.1 Å². The molecule has 1 saturated heterocycles. The zero-order valence-electron chi connectivity index (χ0n) is 10.9. The van der Waals surface area contributed by atoms with Crippen molar-refractivity contribution in [2.75, 3.05) is 13.1 Å². The van der Waals surface area contributed by atoms with Crippen molar-refractivity contribution in [3.63, 3.8) is 0 Å². The number of aryl methyl sites for hydroxylation is 1. The summed E-state index contributed by atoms with van der Waals surface area (Å²) in [6, 6.07) is 6.90. The Bertz CT molecular complexity index is 502. The topological polar surface area (TPSA) is 58.2 Å². The second-order valence-electron chi connectivity index (χ2n) is 5.23. The third-order valence-corrected chi connectivity index (χ3v) is 4.86. The maximum atomic E-state index is 12.1. The molecule has 0 aliphatic carbocycles. The molecule has 1 atom stereocenters. The first-order valence-electron chi connectivity index (χ1n) is 6.23. The van der Waals surface area contributed by atoms with E-state index in [0.717, 1.165) is 24.9 Å². The van der Waals surface area contributed by atoms with Crippen LogP contribution in [-0.4, -0.2) is 27.0 Å². The molecule has 18 heavy (non-hydrogen) atoms. The van der Waals surface area contributed by atoms with Crippen LogP contribution in [0.25, 0.3) is 0 Å². The predicted octanol–water partition coefficient (Wildman–Crippen LogP) is 1.42. The van der Waals surface area contributed by atoms with E-state index in [1.54, 1.807) is 12.1 Å². The van der Waals surface area contributed by atoms with Gasteiger partial charge in [-0.15, -0.1) is 0 Å². The summed E-state index contributed by atoms with van der Waals surface area (Å²) in [7, 11) is -3.39. The van der Waals surface area contributed by atoms with Crippen molar-refractivity contribution in [2.24, 2.45) is 0 Å². The third-order valence-electron chi connectivity index (χ3n) is 3.44. The molecule has 0 bridgehead atoms. The Morgan fingerprint density at radius 2 is 2.00 bits per heavy atom. The SMILES string of the molecule is Cc1ccc(S(=O)(=O)NCC2(C)CCCN2)cc1. The highest BCUT2D eigenvalue weighted by Crippen LogP contribution is 2.18. The molecule has 1 fully saturated rings. The van der Waals surface area contributed by atoms with Crippen molar-refractivity contribution in [3.8, 4) is 0 Å². The van der Waals surface area contributed by atoms with Gasteiger partial charge in [-0.25, -0.2) is 13.1 Å². The van der Waals surface area contributed by atoms with Crippen LogP contribution in [0.1, 0.15) is 25.3 Å². The molecule has 2 rings (SSSR count). The molecule has 5 heteroatoms. The van der Waals surface area contributed by atoms with Crippen molar-refractivity contribution in [1.29, 1.82) is 0 Å². The Kier molecular flexibility index (Phi) is 3.75. The molecular weight excluding hydrogens is 248 g/mol. The van der Waals surface area contributed by atoms with Crippen LogP contribution in [0.3, 0.4) is 0 Å². The van der Waals surface area contributed by atoms with Gasteiger partial charge in [-0.05, 0) is 45.4 Å². The maximum Gasteiger partial charge on any atom is 0.240 e. The van der Waals surface area contributed by atoms with E-state index in [0.29, 0.717) is 11.4 Å². The fourth-order valence-corrected chi connectivity index (χ4v) is 3.33. The lowest BCUT2D eigenvalue weighted by molar-refractivity contribution is 0.409. The zero-order chi connectivity index (χ0) is 13.2. The number of sulfonamides is 1. The molecule has 0 aromatic heterocycles. The minimum absolute atomic E-state index is 0.113. The fraction of sp³-hybridized carbons (Fsp3) is 0.538. The van der Waals surface area contributed by atoms with Gasteiger partial charge < -0.3 is 5.32 Å². The van der Waals surface area contributed by atoms with Gasteiger partial charge in [-0.1, -0.05) is 17.7 Å². The van der Waals surface area contributed by atoms with Gasteiger partial charge in [0.25, 0.3) is 0 Å². The Morgan fingerprint density at radius 1 is 1.33 bits per heavy atom.